The zero-order chi connectivity index (χ0) is 22.4. The van der Waals surface area contributed by atoms with Crippen molar-refractivity contribution >= 4 is 34.3 Å². The number of ketones is 1. The van der Waals surface area contributed by atoms with Crippen LogP contribution in [0.15, 0.2) is 18.6 Å². The van der Waals surface area contributed by atoms with E-state index in [1.165, 1.54) is 17.7 Å². The van der Waals surface area contributed by atoms with E-state index in [-0.39, 0.29) is 30.0 Å². The molecule has 1 aliphatic heterocycles. The van der Waals surface area contributed by atoms with Crippen LogP contribution in [0.4, 0.5) is 5.82 Å². The number of aliphatic hydroxyl groups is 1. The quantitative estimate of drug-likeness (QED) is 0.542. The molecule has 0 aromatic carbocycles. The maximum absolute atomic E-state index is 13.5. The van der Waals surface area contributed by atoms with Gasteiger partial charge in [0.05, 0.1) is 38.7 Å². The normalized spacial score (nSPS) is 25.0. The third kappa shape index (κ3) is 3.98. The number of thiazole rings is 1. The number of aliphatic hydroxyl groups excluding tert-OH is 1. The van der Waals surface area contributed by atoms with Crippen LogP contribution in [0.3, 0.4) is 0 Å². The molecule has 4 atom stereocenters. The van der Waals surface area contributed by atoms with Crippen LogP contribution in [0.2, 0.25) is 0 Å². The molecule has 0 spiro atoms. The standard InChI is InChI=1S/C23H26N4O3S2/c1-11-6-14(7-18(11)28)27-23-16(9-24-10-25-23)20(29)19-8-15(12(2)31-19)21-22-17(4-5-30-21)26-13(3)32-22/h8-11,14,18,21,28H,4-7H2,1-3H3,(H,24,25,27)/t11-,14-,18+,21-/m1/s1. The number of carbonyl (C=O) groups is 1. The summed E-state index contributed by atoms with van der Waals surface area (Å²) in [6, 6.07) is 2.04. The Morgan fingerprint density at radius 1 is 1.28 bits per heavy atom. The average molecular weight is 471 g/mol. The summed E-state index contributed by atoms with van der Waals surface area (Å²) < 4.78 is 6.12. The Balaban J connectivity index is 1.42. The lowest BCUT2D eigenvalue weighted by molar-refractivity contribution is 0.0716. The zero-order valence-corrected chi connectivity index (χ0v) is 19.9. The molecule has 0 bridgehead atoms. The van der Waals surface area contributed by atoms with Gasteiger partial charge in [-0.1, -0.05) is 6.92 Å². The van der Waals surface area contributed by atoms with Gasteiger partial charge < -0.3 is 15.2 Å². The van der Waals surface area contributed by atoms with Gasteiger partial charge in [-0.3, -0.25) is 4.79 Å². The number of hydrogen-bond donors (Lipinski definition) is 2. The van der Waals surface area contributed by atoms with Crippen molar-refractivity contribution < 1.29 is 14.6 Å². The third-order valence-corrected chi connectivity index (χ3v) is 8.42. The molecule has 2 N–H and O–H groups in total. The minimum atomic E-state index is -0.327. The van der Waals surface area contributed by atoms with E-state index in [4.69, 9.17) is 4.74 Å². The molecule has 32 heavy (non-hydrogen) atoms. The molecule has 2 aliphatic rings. The number of hydrogen-bond acceptors (Lipinski definition) is 9. The molecule has 0 amide bonds. The molecule has 1 fully saturated rings. The van der Waals surface area contributed by atoms with Gasteiger partial charge in [0.2, 0.25) is 5.78 Å². The van der Waals surface area contributed by atoms with Crippen molar-refractivity contribution in [2.45, 2.75) is 58.3 Å². The first-order valence-electron chi connectivity index (χ1n) is 10.9. The Kier molecular flexibility index (Phi) is 5.83. The fourth-order valence-corrected chi connectivity index (χ4v) is 6.64. The lowest BCUT2D eigenvalue weighted by Crippen LogP contribution is -2.20. The summed E-state index contributed by atoms with van der Waals surface area (Å²) in [5.41, 5.74) is 2.59. The van der Waals surface area contributed by atoms with Gasteiger partial charge in [0.25, 0.3) is 0 Å². The Bertz CT molecular complexity index is 1150. The van der Waals surface area contributed by atoms with Crippen molar-refractivity contribution in [2.24, 2.45) is 5.92 Å². The van der Waals surface area contributed by atoms with E-state index >= 15 is 0 Å². The SMILES string of the molecule is Cc1nc2c(s1)[C@@H](c1cc(C(=O)c3cncnc3N[C@@H]3C[C@@H](C)[C@@H](O)C3)sc1C)OCC2. The summed E-state index contributed by atoms with van der Waals surface area (Å²) in [5.74, 6) is 0.653. The number of fused-ring (bicyclic) bond motifs is 1. The highest BCUT2D eigenvalue weighted by molar-refractivity contribution is 7.14. The largest absolute Gasteiger partial charge is 0.393 e. The third-order valence-electron chi connectivity index (χ3n) is 6.30. The topological polar surface area (TPSA) is 97.2 Å². The number of carbonyl (C=O) groups excluding carboxylic acids is 1. The van der Waals surface area contributed by atoms with Gasteiger partial charge in [-0.2, -0.15) is 0 Å². The molecule has 7 nitrogen and oxygen atoms in total. The molecule has 0 unspecified atom stereocenters. The molecular weight excluding hydrogens is 444 g/mol. The Hall–Kier alpha value is -2.20. The van der Waals surface area contributed by atoms with Crippen LogP contribution in [0.1, 0.15) is 67.1 Å². The molecular formula is C23H26N4O3S2. The fourth-order valence-electron chi connectivity index (χ4n) is 4.60. The van der Waals surface area contributed by atoms with Crippen LogP contribution in [-0.2, 0) is 11.2 Å². The van der Waals surface area contributed by atoms with Crippen molar-refractivity contribution in [2.75, 3.05) is 11.9 Å². The van der Waals surface area contributed by atoms with Crippen LogP contribution in [-0.4, -0.2) is 44.6 Å². The summed E-state index contributed by atoms with van der Waals surface area (Å²) in [7, 11) is 0. The van der Waals surface area contributed by atoms with Crippen molar-refractivity contribution in [1.82, 2.24) is 15.0 Å². The van der Waals surface area contributed by atoms with Crippen molar-refractivity contribution in [3.63, 3.8) is 0 Å². The Labute approximate surface area is 194 Å². The number of aryl methyl sites for hydroxylation is 2. The number of rotatable bonds is 5. The molecule has 0 saturated heterocycles. The molecule has 168 valence electrons. The van der Waals surface area contributed by atoms with E-state index in [1.54, 1.807) is 17.5 Å². The van der Waals surface area contributed by atoms with E-state index < -0.39 is 0 Å². The smallest absolute Gasteiger partial charge is 0.208 e. The van der Waals surface area contributed by atoms with E-state index in [9.17, 15) is 9.90 Å². The second-order valence-corrected chi connectivity index (χ2v) is 11.1. The fraction of sp³-hybridized carbons (Fsp3) is 0.478. The highest BCUT2D eigenvalue weighted by Crippen LogP contribution is 2.41. The van der Waals surface area contributed by atoms with Crippen LogP contribution in [0.5, 0.6) is 0 Å². The molecule has 3 aromatic heterocycles. The van der Waals surface area contributed by atoms with Crippen LogP contribution in [0, 0.1) is 19.8 Å². The van der Waals surface area contributed by atoms with E-state index in [0.29, 0.717) is 29.3 Å². The van der Waals surface area contributed by atoms with Gasteiger partial charge in [-0.05, 0) is 38.7 Å². The van der Waals surface area contributed by atoms with Crippen molar-refractivity contribution in [3.05, 3.63) is 55.1 Å². The summed E-state index contributed by atoms with van der Waals surface area (Å²) in [5, 5.41) is 14.5. The van der Waals surface area contributed by atoms with Gasteiger partial charge in [0.15, 0.2) is 0 Å². The minimum absolute atomic E-state index is 0.0886. The summed E-state index contributed by atoms with van der Waals surface area (Å²) >= 11 is 3.15. The number of aromatic nitrogens is 3. The number of thiophene rings is 1. The van der Waals surface area contributed by atoms with Crippen molar-refractivity contribution in [3.8, 4) is 0 Å². The number of ether oxygens (including phenoxy) is 1. The maximum Gasteiger partial charge on any atom is 0.208 e. The second kappa shape index (κ2) is 8.62. The highest BCUT2D eigenvalue weighted by atomic mass is 32.1. The van der Waals surface area contributed by atoms with Crippen molar-refractivity contribution in [1.29, 1.82) is 0 Å². The summed E-state index contributed by atoms with van der Waals surface area (Å²) in [6.45, 7) is 6.72. The molecule has 0 radical (unpaired) electrons. The first-order valence-corrected chi connectivity index (χ1v) is 12.5. The van der Waals surface area contributed by atoms with Gasteiger partial charge in [0, 0.05) is 29.1 Å². The number of anilines is 1. The highest BCUT2D eigenvalue weighted by Gasteiger charge is 2.32. The first kappa shape index (κ1) is 21.6. The molecule has 1 aliphatic carbocycles. The van der Waals surface area contributed by atoms with Gasteiger partial charge in [-0.15, -0.1) is 22.7 Å². The lowest BCUT2D eigenvalue weighted by atomic mass is 10.0. The molecule has 4 heterocycles. The van der Waals surface area contributed by atoms with E-state index in [0.717, 1.165) is 38.9 Å². The van der Waals surface area contributed by atoms with Gasteiger partial charge in [-0.25, -0.2) is 15.0 Å². The predicted molar refractivity (Wildman–Crippen MR) is 125 cm³/mol. The predicted octanol–water partition coefficient (Wildman–Crippen LogP) is 4.08. The molecule has 5 rings (SSSR count). The monoisotopic (exact) mass is 470 g/mol. The summed E-state index contributed by atoms with van der Waals surface area (Å²) in [4.78, 5) is 29.4. The van der Waals surface area contributed by atoms with Gasteiger partial charge in [0.1, 0.15) is 18.2 Å². The van der Waals surface area contributed by atoms with Crippen LogP contribution >= 0.6 is 22.7 Å². The maximum atomic E-state index is 13.5. The van der Waals surface area contributed by atoms with Crippen LogP contribution in [0.25, 0.3) is 0 Å². The van der Waals surface area contributed by atoms with Gasteiger partial charge >= 0.3 is 0 Å². The second-order valence-electron chi connectivity index (χ2n) is 8.64. The van der Waals surface area contributed by atoms with E-state index in [2.05, 4.69) is 20.3 Å². The van der Waals surface area contributed by atoms with E-state index in [1.807, 2.05) is 26.8 Å². The Morgan fingerprint density at radius 2 is 2.12 bits per heavy atom. The van der Waals surface area contributed by atoms with Crippen LogP contribution < -0.4 is 5.32 Å². The number of nitrogens with zero attached hydrogens (tertiary/aromatic N) is 3. The minimum Gasteiger partial charge on any atom is -0.393 e. The summed E-state index contributed by atoms with van der Waals surface area (Å²) in [6.07, 6.45) is 4.84. The first-order chi connectivity index (χ1) is 15.4. The lowest BCUT2D eigenvalue weighted by Gasteiger charge is -2.22. The zero-order valence-electron chi connectivity index (χ0n) is 18.3. The average Bonchev–Trinajstić information content (AvgIpc) is 3.43. The number of nitrogens with one attached hydrogen (secondary N) is 1. The Morgan fingerprint density at radius 3 is 2.91 bits per heavy atom. The molecule has 9 heteroatoms. The molecule has 3 aromatic rings. The molecule has 1 saturated carbocycles.